The van der Waals surface area contributed by atoms with Gasteiger partial charge in [0.25, 0.3) is 0 Å². The van der Waals surface area contributed by atoms with E-state index in [1.165, 1.54) is 0 Å². The van der Waals surface area contributed by atoms with Gasteiger partial charge in [-0.15, -0.1) is 12.3 Å². The lowest BCUT2D eigenvalue weighted by Crippen LogP contribution is -2.06. The van der Waals surface area contributed by atoms with Gasteiger partial charge in [0.2, 0.25) is 0 Å². The predicted molar refractivity (Wildman–Crippen MR) is 48.6 cm³/mol. The Morgan fingerprint density at radius 1 is 1.27 bits per heavy atom. The molecule has 0 nitrogen and oxygen atoms in total. The Morgan fingerprint density at radius 3 is 2.47 bits per heavy atom. The molecule has 0 aliphatic carbocycles. The smallest absolute Gasteiger partial charge is 0.207 e. The molecule has 0 saturated heterocycles. The van der Waals surface area contributed by atoms with E-state index in [2.05, 4.69) is 5.92 Å². The van der Waals surface area contributed by atoms with Crippen LogP contribution >= 0.6 is 0 Å². The van der Waals surface area contributed by atoms with E-state index in [9.17, 15) is 17.6 Å². The molecule has 0 amide bonds. The number of hydrogen-bond donors (Lipinski definition) is 0. The first kappa shape index (κ1) is 11.6. The maximum Gasteiger partial charge on any atom is 0.416 e. The molecule has 0 unspecified atom stereocenters. The van der Waals surface area contributed by atoms with Crippen molar-refractivity contribution in [3.8, 4) is 12.3 Å². The van der Waals surface area contributed by atoms with Gasteiger partial charge in [-0.2, -0.15) is 13.2 Å². The maximum atomic E-state index is 13.0. The topological polar surface area (TPSA) is 0 Å². The summed E-state index contributed by atoms with van der Waals surface area (Å²) in [5, 5.41) is 0. The van der Waals surface area contributed by atoms with Crippen molar-refractivity contribution >= 4 is 0 Å². The molecular weight excluding hydrogens is 208 g/mol. The summed E-state index contributed by atoms with van der Waals surface area (Å²) in [5.74, 6) is 1.60. The molecule has 0 aliphatic rings. The van der Waals surface area contributed by atoms with Gasteiger partial charge in [-0.3, -0.25) is 0 Å². The molecule has 0 fully saturated rings. The highest BCUT2D eigenvalue weighted by molar-refractivity contribution is 5.27. The fraction of sp³-hybridized carbons (Fsp3) is 0.273. The Labute approximate surface area is 84.9 Å². The lowest BCUT2D eigenvalue weighted by atomic mass is 10.1. The maximum absolute atomic E-state index is 13.0. The van der Waals surface area contributed by atoms with Crippen molar-refractivity contribution in [3.05, 3.63) is 35.1 Å². The van der Waals surface area contributed by atoms with Gasteiger partial charge in [0.15, 0.2) is 0 Å². The Balaban J connectivity index is 3.01. The van der Waals surface area contributed by atoms with Crippen LogP contribution in [0.1, 0.15) is 17.5 Å². The molecular formula is C11H8F4. The molecule has 0 aliphatic heterocycles. The molecule has 80 valence electrons. The van der Waals surface area contributed by atoms with Crippen molar-refractivity contribution in [3.63, 3.8) is 0 Å². The summed E-state index contributed by atoms with van der Waals surface area (Å²) in [6, 6.07) is 2.33. The van der Waals surface area contributed by atoms with Crippen molar-refractivity contribution in [2.75, 3.05) is 0 Å². The molecule has 0 spiro atoms. The summed E-state index contributed by atoms with van der Waals surface area (Å²) in [4.78, 5) is 0. The van der Waals surface area contributed by atoms with Crippen LogP contribution in [0, 0.1) is 18.2 Å². The van der Waals surface area contributed by atoms with E-state index in [-0.39, 0.29) is 18.4 Å². The minimum Gasteiger partial charge on any atom is -0.207 e. The van der Waals surface area contributed by atoms with Gasteiger partial charge >= 0.3 is 6.18 Å². The van der Waals surface area contributed by atoms with Crippen molar-refractivity contribution in [2.24, 2.45) is 0 Å². The summed E-state index contributed by atoms with van der Waals surface area (Å²) < 4.78 is 49.8. The Hall–Kier alpha value is -1.50. The minimum absolute atomic E-state index is 0.00257. The SMILES string of the molecule is C#CCCc1cc(C(F)(F)F)ccc1F. The zero-order valence-corrected chi connectivity index (χ0v) is 7.74. The first-order chi connectivity index (χ1) is 6.95. The molecule has 0 radical (unpaired) electrons. The molecule has 0 aromatic heterocycles. The highest BCUT2D eigenvalue weighted by atomic mass is 19.4. The molecule has 4 heteroatoms. The predicted octanol–water partition coefficient (Wildman–Crippen LogP) is 3.41. The monoisotopic (exact) mass is 216 g/mol. The standard InChI is InChI=1S/C11H8F4/c1-2-3-4-8-7-9(11(13,14)15)5-6-10(8)12/h1,5-7H,3-4H2. The summed E-state index contributed by atoms with van der Waals surface area (Å²) in [5.41, 5.74) is -0.848. The van der Waals surface area contributed by atoms with Crippen LogP contribution in [0.15, 0.2) is 18.2 Å². The third-order valence-electron chi connectivity index (χ3n) is 1.91. The lowest BCUT2D eigenvalue weighted by molar-refractivity contribution is -0.137. The van der Waals surface area contributed by atoms with Crippen molar-refractivity contribution < 1.29 is 17.6 Å². The fourth-order valence-corrected chi connectivity index (χ4v) is 1.15. The zero-order chi connectivity index (χ0) is 11.5. The molecule has 1 aromatic rings. The molecule has 1 aromatic carbocycles. The van der Waals surface area contributed by atoms with Crippen LogP contribution in [-0.4, -0.2) is 0 Å². The summed E-state index contributed by atoms with van der Waals surface area (Å²) in [6.07, 6.45) is 0.848. The summed E-state index contributed by atoms with van der Waals surface area (Å²) in [7, 11) is 0. The van der Waals surface area contributed by atoms with Crippen LogP contribution < -0.4 is 0 Å². The van der Waals surface area contributed by atoms with Crippen molar-refractivity contribution in [2.45, 2.75) is 19.0 Å². The number of halogens is 4. The summed E-state index contributed by atoms with van der Waals surface area (Å²) >= 11 is 0. The van der Waals surface area contributed by atoms with Crippen molar-refractivity contribution in [1.82, 2.24) is 0 Å². The van der Waals surface area contributed by atoms with Gasteiger partial charge in [0.05, 0.1) is 5.56 Å². The van der Waals surface area contributed by atoms with Crippen LogP contribution in [0.2, 0.25) is 0 Å². The number of alkyl halides is 3. The highest BCUT2D eigenvalue weighted by Crippen LogP contribution is 2.30. The second kappa shape index (κ2) is 4.35. The minimum atomic E-state index is -4.45. The summed E-state index contributed by atoms with van der Waals surface area (Å²) in [6.45, 7) is 0. The number of rotatable bonds is 2. The quantitative estimate of drug-likeness (QED) is 0.525. The van der Waals surface area contributed by atoms with Gasteiger partial charge in [-0.1, -0.05) is 0 Å². The van der Waals surface area contributed by atoms with Gasteiger partial charge in [-0.25, -0.2) is 4.39 Å². The van der Waals surface area contributed by atoms with E-state index in [4.69, 9.17) is 6.42 Å². The first-order valence-electron chi connectivity index (χ1n) is 4.24. The number of aryl methyl sites for hydroxylation is 1. The van der Waals surface area contributed by atoms with Crippen LogP contribution in [0.5, 0.6) is 0 Å². The third-order valence-corrected chi connectivity index (χ3v) is 1.91. The van der Waals surface area contributed by atoms with Gasteiger partial charge in [0.1, 0.15) is 5.82 Å². The van der Waals surface area contributed by atoms with E-state index >= 15 is 0 Å². The molecule has 15 heavy (non-hydrogen) atoms. The number of benzene rings is 1. The van der Waals surface area contributed by atoms with Crippen LogP contribution in [0.4, 0.5) is 17.6 Å². The average molecular weight is 216 g/mol. The molecule has 0 heterocycles. The highest BCUT2D eigenvalue weighted by Gasteiger charge is 2.30. The fourth-order valence-electron chi connectivity index (χ4n) is 1.15. The second-order valence-corrected chi connectivity index (χ2v) is 3.01. The van der Waals surface area contributed by atoms with E-state index in [0.717, 1.165) is 12.1 Å². The molecule has 0 atom stereocenters. The van der Waals surface area contributed by atoms with Crippen LogP contribution in [0.25, 0.3) is 0 Å². The largest absolute Gasteiger partial charge is 0.416 e. The zero-order valence-electron chi connectivity index (χ0n) is 7.74. The first-order valence-corrected chi connectivity index (χ1v) is 4.24. The Morgan fingerprint density at radius 2 is 1.93 bits per heavy atom. The third kappa shape index (κ3) is 2.98. The van der Waals surface area contributed by atoms with Gasteiger partial charge < -0.3 is 0 Å². The normalized spacial score (nSPS) is 11.1. The van der Waals surface area contributed by atoms with Crippen LogP contribution in [-0.2, 0) is 12.6 Å². The lowest BCUT2D eigenvalue weighted by Gasteiger charge is -2.08. The average Bonchev–Trinajstić information content (AvgIpc) is 2.15. The Kier molecular flexibility index (Phi) is 3.35. The second-order valence-electron chi connectivity index (χ2n) is 3.01. The Bertz CT molecular complexity index is 385. The van der Waals surface area contributed by atoms with Gasteiger partial charge in [0, 0.05) is 6.42 Å². The number of hydrogen-bond acceptors (Lipinski definition) is 0. The van der Waals surface area contributed by atoms with E-state index in [0.29, 0.717) is 6.07 Å². The molecule has 0 N–H and O–H groups in total. The van der Waals surface area contributed by atoms with E-state index in [1.807, 2.05) is 0 Å². The van der Waals surface area contributed by atoms with Gasteiger partial charge in [-0.05, 0) is 30.2 Å². The number of terminal acetylenes is 1. The van der Waals surface area contributed by atoms with E-state index in [1.54, 1.807) is 0 Å². The molecule has 1 rings (SSSR count). The van der Waals surface area contributed by atoms with Crippen LogP contribution in [0.3, 0.4) is 0 Å². The molecule has 0 saturated carbocycles. The molecule has 0 bridgehead atoms. The van der Waals surface area contributed by atoms with Crippen molar-refractivity contribution in [1.29, 1.82) is 0 Å². The van der Waals surface area contributed by atoms with E-state index < -0.39 is 17.6 Å².